The van der Waals surface area contributed by atoms with Gasteiger partial charge in [-0.15, -0.1) is 0 Å². The molecule has 0 aromatic heterocycles. The van der Waals surface area contributed by atoms with Gasteiger partial charge < -0.3 is 10.6 Å². The molecule has 0 bridgehead atoms. The molecule has 1 fully saturated rings. The normalized spacial score (nSPS) is 16.3. The van der Waals surface area contributed by atoms with Gasteiger partial charge in [0, 0.05) is 5.69 Å². The number of nitrogens with one attached hydrogen (secondary N) is 2. The molecular weight excluding hydrogens is 250 g/mol. The van der Waals surface area contributed by atoms with Gasteiger partial charge in [-0.2, -0.15) is 0 Å². The van der Waals surface area contributed by atoms with Gasteiger partial charge in [-0.3, -0.25) is 0 Å². The highest BCUT2D eigenvalue weighted by Crippen LogP contribution is 2.35. The second-order valence-electron chi connectivity index (χ2n) is 5.06. The van der Waals surface area contributed by atoms with Crippen molar-refractivity contribution in [2.75, 3.05) is 5.32 Å². The molecule has 2 rings (SSSR count). The molecule has 1 aromatic rings. The van der Waals surface area contributed by atoms with Crippen LogP contribution in [0.5, 0.6) is 0 Å². The quantitative estimate of drug-likeness (QED) is 0.862. The summed E-state index contributed by atoms with van der Waals surface area (Å²) in [4.78, 5) is 11.8. The molecule has 0 heterocycles. The van der Waals surface area contributed by atoms with E-state index in [1.807, 2.05) is 32.0 Å². The molecule has 2 N–H and O–H groups in total. The number of carbonyl (C=O) groups is 1. The van der Waals surface area contributed by atoms with Gasteiger partial charge in [0.15, 0.2) is 0 Å². The molecule has 1 atom stereocenters. The first-order valence-electron chi connectivity index (χ1n) is 6.41. The number of urea groups is 1. The van der Waals surface area contributed by atoms with Crippen LogP contribution < -0.4 is 10.6 Å². The van der Waals surface area contributed by atoms with E-state index in [2.05, 4.69) is 10.6 Å². The topological polar surface area (TPSA) is 41.1 Å². The minimum absolute atomic E-state index is 0.0799. The SMILES string of the molecule is Cc1cccc(C)c1NC(=O)N[C@@H](C(F)F)C1CC1. The average molecular weight is 268 g/mol. The Hall–Kier alpha value is -1.65. The van der Waals surface area contributed by atoms with E-state index in [0.717, 1.165) is 24.0 Å². The zero-order valence-corrected chi connectivity index (χ0v) is 11.0. The summed E-state index contributed by atoms with van der Waals surface area (Å²) in [5.41, 5.74) is 2.51. The summed E-state index contributed by atoms with van der Waals surface area (Å²) in [6.07, 6.45) is -0.992. The van der Waals surface area contributed by atoms with Gasteiger partial charge in [-0.05, 0) is 43.7 Å². The van der Waals surface area contributed by atoms with Gasteiger partial charge in [0.2, 0.25) is 0 Å². The van der Waals surface area contributed by atoms with E-state index in [0.29, 0.717) is 5.69 Å². The van der Waals surface area contributed by atoms with Crippen LogP contribution in [0.3, 0.4) is 0 Å². The molecule has 19 heavy (non-hydrogen) atoms. The first-order chi connectivity index (χ1) is 8.99. The van der Waals surface area contributed by atoms with E-state index >= 15 is 0 Å². The fraction of sp³-hybridized carbons (Fsp3) is 0.500. The van der Waals surface area contributed by atoms with Crippen LogP contribution in [0.25, 0.3) is 0 Å². The smallest absolute Gasteiger partial charge is 0.319 e. The Morgan fingerprint density at radius 1 is 1.26 bits per heavy atom. The van der Waals surface area contributed by atoms with Crippen molar-refractivity contribution in [2.24, 2.45) is 5.92 Å². The number of anilines is 1. The molecule has 0 spiro atoms. The lowest BCUT2D eigenvalue weighted by atomic mass is 10.1. The number of carbonyl (C=O) groups excluding carboxylic acids is 1. The van der Waals surface area contributed by atoms with Crippen molar-refractivity contribution >= 4 is 11.7 Å². The molecule has 1 aliphatic carbocycles. The lowest BCUT2D eigenvalue weighted by Crippen LogP contribution is -2.43. The number of para-hydroxylation sites is 1. The van der Waals surface area contributed by atoms with Gasteiger partial charge in [0.25, 0.3) is 6.43 Å². The summed E-state index contributed by atoms with van der Waals surface area (Å²) in [7, 11) is 0. The van der Waals surface area contributed by atoms with Gasteiger partial charge in [-0.1, -0.05) is 18.2 Å². The second-order valence-corrected chi connectivity index (χ2v) is 5.06. The van der Waals surface area contributed by atoms with Crippen molar-refractivity contribution in [3.05, 3.63) is 29.3 Å². The van der Waals surface area contributed by atoms with Crippen molar-refractivity contribution in [2.45, 2.75) is 39.2 Å². The lowest BCUT2D eigenvalue weighted by molar-refractivity contribution is 0.0929. The van der Waals surface area contributed by atoms with Crippen molar-refractivity contribution < 1.29 is 13.6 Å². The van der Waals surface area contributed by atoms with E-state index in [4.69, 9.17) is 0 Å². The molecule has 0 aliphatic heterocycles. The first kappa shape index (κ1) is 13.8. The number of alkyl halides is 2. The van der Waals surface area contributed by atoms with Crippen LogP contribution in [0.15, 0.2) is 18.2 Å². The number of amides is 2. The van der Waals surface area contributed by atoms with Crippen LogP contribution in [0.2, 0.25) is 0 Å². The lowest BCUT2D eigenvalue weighted by Gasteiger charge is -2.19. The Balaban J connectivity index is 2.01. The van der Waals surface area contributed by atoms with Crippen LogP contribution in [0.1, 0.15) is 24.0 Å². The average Bonchev–Trinajstić information content (AvgIpc) is 3.15. The zero-order valence-electron chi connectivity index (χ0n) is 11.0. The predicted molar refractivity (Wildman–Crippen MR) is 70.6 cm³/mol. The van der Waals surface area contributed by atoms with E-state index in [1.165, 1.54) is 0 Å². The van der Waals surface area contributed by atoms with Gasteiger partial charge in [-0.25, -0.2) is 13.6 Å². The molecule has 1 saturated carbocycles. The maximum Gasteiger partial charge on any atom is 0.319 e. The number of halogens is 2. The summed E-state index contributed by atoms with van der Waals surface area (Å²) in [5, 5.41) is 5.04. The zero-order chi connectivity index (χ0) is 14.0. The fourth-order valence-corrected chi connectivity index (χ4v) is 2.15. The number of rotatable bonds is 4. The summed E-state index contributed by atoms with van der Waals surface area (Å²) < 4.78 is 25.6. The van der Waals surface area contributed by atoms with Crippen LogP contribution in [-0.2, 0) is 0 Å². The van der Waals surface area contributed by atoms with Gasteiger partial charge in [0.1, 0.15) is 0 Å². The highest BCUT2D eigenvalue weighted by molar-refractivity contribution is 5.91. The molecule has 1 aromatic carbocycles. The Bertz CT molecular complexity index is 450. The second kappa shape index (κ2) is 5.55. The third-order valence-corrected chi connectivity index (χ3v) is 3.42. The van der Waals surface area contributed by atoms with Gasteiger partial charge in [0.05, 0.1) is 6.04 Å². The number of hydrogen-bond donors (Lipinski definition) is 2. The molecule has 2 amide bonds. The van der Waals surface area contributed by atoms with Crippen molar-refractivity contribution in [1.82, 2.24) is 5.32 Å². The molecule has 104 valence electrons. The largest absolute Gasteiger partial charge is 0.329 e. The summed E-state index contributed by atoms with van der Waals surface area (Å²) in [6.45, 7) is 3.74. The Labute approximate surface area is 111 Å². The Morgan fingerprint density at radius 2 is 1.84 bits per heavy atom. The standard InChI is InChI=1S/C14H18F2N2O/c1-8-4-3-5-9(2)11(8)17-14(19)18-12(13(15)16)10-6-7-10/h3-5,10,12-13H,6-7H2,1-2H3,(H2,17,18,19)/t12-/m1/s1. The molecule has 0 radical (unpaired) electrons. The van der Waals surface area contributed by atoms with E-state index in [1.54, 1.807) is 0 Å². The number of benzene rings is 1. The highest BCUT2D eigenvalue weighted by Gasteiger charge is 2.38. The maximum atomic E-state index is 12.8. The molecule has 3 nitrogen and oxygen atoms in total. The molecular formula is C14H18F2N2O. The fourth-order valence-electron chi connectivity index (χ4n) is 2.15. The van der Waals surface area contributed by atoms with Crippen molar-refractivity contribution in [3.63, 3.8) is 0 Å². The van der Waals surface area contributed by atoms with Crippen LogP contribution in [0, 0.1) is 19.8 Å². The summed E-state index contributed by atoms with van der Waals surface area (Å²) in [6, 6.07) is 4.03. The molecule has 0 unspecified atom stereocenters. The maximum absolute atomic E-state index is 12.8. The van der Waals surface area contributed by atoms with Crippen LogP contribution >= 0.6 is 0 Å². The molecule has 0 saturated heterocycles. The highest BCUT2D eigenvalue weighted by atomic mass is 19.3. The van der Waals surface area contributed by atoms with E-state index in [9.17, 15) is 13.6 Å². The van der Waals surface area contributed by atoms with E-state index in [-0.39, 0.29) is 5.92 Å². The first-order valence-corrected chi connectivity index (χ1v) is 6.41. The van der Waals surface area contributed by atoms with Crippen LogP contribution in [0.4, 0.5) is 19.3 Å². The summed E-state index contributed by atoms with van der Waals surface area (Å²) >= 11 is 0. The molecule has 1 aliphatic rings. The van der Waals surface area contributed by atoms with Gasteiger partial charge >= 0.3 is 6.03 Å². The molecule has 5 heteroatoms. The monoisotopic (exact) mass is 268 g/mol. The summed E-state index contributed by atoms with van der Waals surface area (Å²) in [5.74, 6) is -0.0799. The predicted octanol–water partition coefficient (Wildman–Crippen LogP) is 3.47. The van der Waals surface area contributed by atoms with Crippen molar-refractivity contribution in [1.29, 1.82) is 0 Å². The Morgan fingerprint density at radius 3 is 2.32 bits per heavy atom. The number of aryl methyl sites for hydroxylation is 2. The minimum Gasteiger partial charge on any atom is -0.329 e. The third-order valence-electron chi connectivity index (χ3n) is 3.42. The van der Waals surface area contributed by atoms with Crippen LogP contribution in [-0.4, -0.2) is 18.5 Å². The Kier molecular flexibility index (Phi) is 4.02. The van der Waals surface area contributed by atoms with Crippen molar-refractivity contribution in [3.8, 4) is 0 Å². The third kappa shape index (κ3) is 3.43. The van der Waals surface area contributed by atoms with E-state index < -0.39 is 18.5 Å². The number of hydrogen-bond acceptors (Lipinski definition) is 1. The minimum atomic E-state index is -2.52.